The van der Waals surface area contributed by atoms with Crippen LogP contribution in [0.1, 0.15) is 41.3 Å². The Hall–Kier alpha value is -1.35. The maximum absolute atomic E-state index is 11.9. The quantitative estimate of drug-likeness (QED) is 0.797. The van der Waals surface area contributed by atoms with Gasteiger partial charge in [0, 0.05) is 5.56 Å². The maximum atomic E-state index is 11.9. The molecular weight excluding hydrogens is 214 g/mol. The molecule has 0 spiro atoms. The van der Waals surface area contributed by atoms with Crippen LogP contribution >= 0.6 is 0 Å². The molecule has 94 valence electrons. The summed E-state index contributed by atoms with van der Waals surface area (Å²) >= 11 is 0. The topological polar surface area (TPSA) is 38.3 Å². The summed E-state index contributed by atoms with van der Waals surface area (Å²) in [6.07, 6.45) is 0. The van der Waals surface area contributed by atoms with Crippen LogP contribution in [0.3, 0.4) is 0 Å². The van der Waals surface area contributed by atoms with Crippen LogP contribution in [0.4, 0.5) is 0 Å². The third-order valence-corrected chi connectivity index (χ3v) is 2.79. The lowest BCUT2D eigenvalue weighted by Gasteiger charge is -2.16. The predicted octanol–water partition coefficient (Wildman–Crippen LogP) is 2.53. The summed E-state index contributed by atoms with van der Waals surface area (Å²) in [5, 5.41) is 2.88. The SMILES string of the molecule is CNCC(=O)c1cc(C)c(OC)c(C(C)C)c1. The number of Topliss-reactive ketones (excluding diaryl/α,β-unsaturated/α-hetero) is 1. The van der Waals surface area contributed by atoms with E-state index >= 15 is 0 Å². The minimum atomic E-state index is 0.111. The van der Waals surface area contributed by atoms with E-state index in [1.54, 1.807) is 14.2 Å². The predicted molar refractivity (Wildman–Crippen MR) is 70.1 cm³/mol. The number of benzene rings is 1. The van der Waals surface area contributed by atoms with Gasteiger partial charge < -0.3 is 10.1 Å². The number of carbonyl (C=O) groups excluding carboxylic acids is 1. The van der Waals surface area contributed by atoms with Gasteiger partial charge in [-0.15, -0.1) is 0 Å². The van der Waals surface area contributed by atoms with Crippen molar-refractivity contribution < 1.29 is 9.53 Å². The van der Waals surface area contributed by atoms with Gasteiger partial charge in [0.05, 0.1) is 13.7 Å². The normalized spacial score (nSPS) is 10.7. The Bertz CT molecular complexity index is 411. The smallest absolute Gasteiger partial charge is 0.176 e. The summed E-state index contributed by atoms with van der Waals surface area (Å²) in [5.41, 5.74) is 2.85. The van der Waals surface area contributed by atoms with Crippen LogP contribution in [-0.2, 0) is 0 Å². The van der Waals surface area contributed by atoms with Crippen molar-refractivity contribution in [3.8, 4) is 5.75 Å². The minimum absolute atomic E-state index is 0.111. The van der Waals surface area contributed by atoms with Crippen LogP contribution in [-0.4, -0.2) is 26.5 Å². The lowest BCUT2D eigenvalue weighted by Crippen LogP contribution is -2.19. The number of aryl methyl sites for hydroxylation is 1. The summed E-state index contributed by atoms with van der Waals surface area (Å²) in [7, 11) is 3.45. The van der Waals surface area contributed by atoms with Gasteiger partial charge in [-0.1, -0.05) is 13.8 Å². The Balaban J connectivity index is 3.24. The molecule has 1 aromatic rings. The molecule has 0 unspecified atom stereocenters. The third kappa shape index (κ3) is 3.07. The van der Waals surface area contributed by atoms with Crippen molar-refractivity contribution in [2.45, 2.75) is 26.7 Å². The fourth-order valence-corrected chi connectivity index (χ4v) is 1.93. The van der Waals surface area contributed by atoms with E-state index < -0.39 is 0 Å². The number of hydrogen-bond donors (Lipinski definition) is 1. The Kier molecular flexibility index (Phi) is 4.70. The second-order valence-corrected chi connectivity index (χ2v) is 4.52. The molecule has 1 rings (SSSR count). The molecule has 0 aliphatic rings. The summed E-state index contributed by atoms with van der Waals surface area (Å²) in [4.78, 5) is 11.9. The van der Waals surface area contributed by atoms with Crippen LogP contribution in [0.15, 0.2) is 12.1 Å². The molecule has 3 heteroatoms. The minimum Gasteiger partial charge on any atom is -0.496 e. The number of carbonyl (C=O) groups is 1. The van der Waals surface area contributed by atoms with Crippen molar-refractivity contribution in [1.29, 1.82) is 0 Å². The fraction of sp³-hybridized carbons (Fsp3) is 0.500. The summed E-state index contributed by atoms with van der Waals surface area (Å²) in [6.45, 7) is 6.54. The molecule has 0 fully saturated rings. The second-order valence-electron chi connectivity index (χ2n) is 4.52. The maximum Gasteiger partial charge on any atom is 0.176 e. The molecule has 0 saturated heterocycles. The van der Waals surface area contributed by atoms with Crippen LogP contribution in [0.25, 0.3) is 0 Å². The molecule has 0 bridgehead atoms. The van der Waals surface area contributed by atoms with Crippen LogP contribution in [0.2, 0.25) is 0 Å². The van der Waals surface area contributed by atoms with Crippen molar-refractivity contribution >= 4 is 5.78 Å². The molecule has 0 heterocycles. The second kappa shape index (κ2) is 5.82. The molecular formula is C14H21NO2. The zero-order chi connectivity index (χ0) is 13.0. The van der Waals surface area contributed by atoms with E-state index in [0.717, 1.165) is 22.4 Å². The highest BCUT2D eigenvalue weighted by molar-refractivity contribution is 5.98. The van der Waals surface area contributed by atoms with E-state index in [9.17, 15) is 4.79 Å². The molecule has 1 aromatic carbocycles. The molecule has 0 aliphatic carbocycles. The number of ketones is 1. The van der Waals surface area contributed by atoms with Gasteiger partial charge in [0.25, 0.3) is 0 Å². The van der Waals surface area contributed by atoms with E-state index in [2.05, 4.69) is 19.2 Å². The van der Waals surface area contributed by atoms with E-state index in [1.165, 1.54) is 0 Å². The molecule has 0 aliphatic heterocycles. The first-order chi connectivity index (χ1) is 8.01. The molecule has 0 radical (unpaired) electrons. The molecule has 0 atom stereocenters. The van der Waals surface area contributed by atoms with E-state index in [-0.39, 0.29) is 5.78 Å². The van der Waals surface area contributed by atoms with Crippen molar-refractivity contribution in [2.75, 3.05) is 20.7 Å². The molecule has 0 aromatic heterocycles. The number of ether oxygens (including phenoxy) is 1. The van der Waals surface area contributed by atoms with E-state index in [4.69, 9.17) is 4.74 Å². The van der Waals surface area contributed by atoms with Gasteiger partial charge in [-0.25, -0.2) is 0 Å². The molecule has 17 heavy (non-hydrogen) atoms. The Morgan fingerprint density at radius 2 is 2.06 bits per heavy atom. The summed E-state index contributed by atoms with van der Waals surface area (Å²) in [6, 6.07) is 3.83. The number of nitrogens with one attached hydrogen (secondary N) is 1. The van der Waals surface area contributed by atoms with Gasteiger partial charge in [-0.3, -0.25) is 4.79 Å². The van der Waals surface area contributed by atoms with Crippen molar-refractivity contribution in [1.82, 2.24) is 5.32 Å². The zero-order valence-electron chi connectivity index (χ0n) is 11.3. The number of methoxy groups -OCH3 is 1. The van der Waals surface area contributed by atoms with Gasteiger partial charge >= 0.3 is 0 Å². The average molecular weight is 235 g/mol. The number of rotatable bonds is 5. The number of likely N-dealkylation sites (N-methyl/N-ethyl adjacent to an activating group) is 1. The highest BCUT2D eigenvalue weighted by Gasteiger charge is 2.14. The van der Waals surface area contributed by atoms with E-state index in [0.29, 0.717) is 12.5 Å². The lowest BCUT2D eigenvalue weighted by molar-refractivity contribution is 0.0993. The molecule has 0 saturated carbocycles. The van der Waals surface area contributed by atoms with Crippen molar-refractivity contribution in [3.63, 3.8) is 0 Å². The molecule has 0 amide bonds. The van der Waals surface area contributed by atoms with Gasteiger partial charge in [0.1, 0.15) is 5.75 Å². The Morgan fingerprint density at radius 1 is 1.41 bits per heavy atom. The monoisotopic (exact) mass is 235 g/mol. The van der Waals surface area contributed by atoms with Crippen LogP contribution < -0.4 is 10.1 Å². The van der Waals surface area contributed by atoms with Crippen molar-refractivity contribution in [2.24, 2.45) is 0 Å². The average Bonchev–Trinajstić information content (AvgIpc) is 2.28. The Morgan fingerprint density at radius 3 is 2.53 bits per heavy atom. The van der Waals surface area contributed by atoms with Gasteiger partial charge in [-0.2, -0.15) is 0 Å². The van der Waals surface area contributed by atoms with Crippen LogP contribution in [0.5, 0.6) is 5.75 Å². The molecule has 3 nitrogen and oxygen atoms in total. The third-order valence-electron chi connectivity index (χ3n) is 2.79. The van der Waals surface area contributed by atoms with Gasteiger partial charge in [0.15, 0.2) is 5.78 Å². The highest BCUT2D eigenvalue weighted by atomic mass is 16.5. The standard InChI is InChI=1S/C14H21NO2/c1-9(2)12-7-11(13(16)8-15-4)6-10(3)14(12)17-5/h6-7,9,15H,8H2,1-5H3. The van der Waals surface area contributed by atoms with Gasteiger partial charge in [0.2, 0.25) is 0 Å². The summed E-state index contributed by atoms with van der Waals surface area (Å²) < 4.78 is 5.41. The summed E-state index contributed by atoms with van der Waals surface area (Å²) in [5.74, 6) is 1.34. The largest absolute Gasteiger partial charge is 0.496 e. The van der Waals surface area contributed by atoms with Gasteiger partial charge in [-0.05, 0) is 43.1 Å². The highest BCUT2D eigenvalue weighted by Crippen LogP contribution is 2.31. The first-order valence-corrected chi connectivity index (χ1v) is 5.87. The number of hydrogen-bond acceptors (Lipinski definition) is 3. The first-order valence-electron chi connectivity index (χ1n) is 5.87. The van der Waals surface area contributed by atoms with Crippen LogP contribution in [0, 0.1) is 6.92 Å². The Labute approximate surface area is 103 Å². The molecule has 1 N–H and O–H groups in total. The van der Waals surface area contributed by atoms with Crippen molar-refractivity contribution in [3.05, 3.63) is 28.8 Å². The lowest BCUT2D eigenvalue weighted by atomic mass is 9.95. The fourth-order valence-electron chi connectivity index (χ4n) is 1.93. The van der Waals surface area contributed by atoms with E-state index in [1.807, 2.05) is 19.1 Å². The first kappa shape index (κ1) is 13.7. The zero-order valence-corrected chi connectivity index (χ0v) is 11.3.